The second-order valence-corrected chi connectivity index (χ2v) is 6.84. The molecule has 0 unspecified atom stereocenters. The minimum Gasteiger partial charge on any atom is -0.365 e. The van der Waals surface area contributed by atoms with E-state index in [0.717, 1.165) is 18.9 Å². The summed E-state index contributed by atoms with van der Waals surface area (Å²) in [4.78, 5) is 16.5. The molecule has 0 spiro atoms. The van der Waals surface area contributed by atoms with Crippen molar-refractivity contribution in [1.29, 1.82) is 0 Å². The molecule has 1 fully saturated rings. The Morgan fingerprint density at radius 3 is 2.70 bits per heavy atom. The average Bonchev–Trinajstić information content (AvgIpc) is 2.88. The van der Waals surface area contributed by atoms with Crippen molar-refractivity contribution in [1.82, 2.24) is 9.55 Å². The highest BCUT2D eigenvalue weighted by Crippen LogP contribution is 2.28. The minimum atomic E-state index is -0.208. The van der Waals surface area contributed by atoms with Gasteiger partial charge in [0.2, 0.25) is 0 Å². The molecule has 1 aromatic rings. The maximum absolute atomic E-state index is 12.3. The van der Waals surface area contributed by atoms with Crippen molar-refractivity contribution in [2.24, 2.45) is 5.92 Å². The molecule has 0 radical (unpaired) electrons. The molecule has 1 aliphatic rings. The fourth-order valence-electron chi connectivity index (χ4n) is 2.96. The van der Waals surface area contributed by atoms with Gasteiger partial charge in [-0.15, -0.1) is 0 Å². The molecule has 20 heavy (non-hydrogen) atoms. The maximum atomic E-state index is 12.3. The zero-order chi connectivity index (χ0) is 14.6. The van der Waals surface area contributed by atoms with Crippen molar-refractivity contribution in [3.63, 3.8) is 0 Å². The van der Waals surface area contributed by atoms with Crippen molar-refractivity contribution in [3.8, 4) is 0 Å². The van der Waals surface area contributed by atoms with Gasteiger partial charge in [-0.25, -0.2) is 4.98 Å². The fraction of sp³-hybridized carbons (Fsp3) is 0.750. The molecule has 0 aliphatic heterocycles. The van der Waals surface area contributed by atoms with Crippen LogP contribution in [0.4, 0.5) is 5.82 Å². The molecule has 2 rings (SSSR count). The normalized spacial score (nSPS) is 16.6. The molecule has 0 aromatic carbocycles. The Balaban J connectivity index is 1.88. The van der Waals surface area contributed by atoms with Gasteiger partial charge in [0.15, 0.2) is 5.82 Å². The molecule has 4 heteroatoms. The molecule has 0 saturated heterocycles. The summed E-state index contributed by atoms with van der Waals surface area (Å²) in [6.07, 6.45) is 11.4. The van der Waals surface area contributed by atoms with E-state index in [1.165, 1.54) is 32.1 Å². The first kappa shape index (κ1) is 15.1. The SMILES string of the molecule is CC(C)(C)n1ccnc(NCCCC2CCCC2)c1=O. The summed E-state index contributed by atoms with van der Waals surface area (Å²) < 4.78 is 1.74. The van der Waals surface area contributed by atoms with Gasteiger partial charge in [-0.3, -0.25) is 4.79 Å². The molecule has 0 bridgehead atoms. The summed E-state index contributed by atoms with van der Waals surface area (Å²) in [5.41, 5.74) is -0.235. The lowest BCUT2D eigenvalue weighted by Gasteiger charge is -2.22. The van der Waals surface area contributed by atoms with Crippen LogP contribution in [-0.2, 0) is 5.54 Å². The van der Waals surface area contributed by atoms with Crippen LogP contribution < -0.4 is 10.9 Å². The number of hydrogen-bond acceptors (Lipinski definition) is 3. The average molecular weight is 277 g/mol. The van der Waals surface area contributed by atoms with Crippen LogP contribution in [0, 0.1) is 5.92 Å². The van der Waals surface area contributed by atoms with E-state index in [2.05, 4.69) is 10.3 Å². The van der Waals surface area contributed by atoms with E-state index >= 15 is 0 Å². The van der Waals surface area contributed by atoms with E-state index < -0.39 is 0 Å². The van der Waals surface area contributed by atoms with E-state index in [4.69, 9.17) is 0 Å². The van der Waals surface area contributed by atoms with Gasteiger partial charge in [0.25, 0.3) is 5.56 Å². The Labute approximate surface area is 121 Å². The van der Waals surface area contributed by atoms with Crippen molar-refractivity contribution in [2.45, 2.75) is 64.8 Å². The van der Waals surface area contributed by atoms with Crippen LogP contribution in [0.5, 0.6) is 0 Å². The van der Waals surface area contributed by atoms with Crippen LogP contribution in [0.15, 0.2) is 17.2 Å². The quantitative estimate of drug-likeness (QED) is 0.839. The number of nitrogens with one attached hydrogen (secondary N) is 1. The highest BCUT2D eigenvalue weighted by molar-refractivity contribution is 5.30. The van der Waals surface area contributed by atoms with Gasteiger partial charge in [0.1, 0.15) is 0 Å². The van der Waals surface area contributed by atoms with Gasteiger partial charge in [0, 0.05) is 24.5 Å². The first-order chi connectivity index (χ1) is 9.48. The molecule has 1 aliphatic carbocycles. The van der Waals surface area contributed by atoms with E-state index in [1.54, 1.807) is 17.0 Å². The molecule has 1 N–H and O–H groups in total. The Hall–Kier alpha value is -1.32. The van der Waals surface area contributed by atoms with Crippen LogP contribution >= 0.6 is 0 Å². The third-order valence-electron chi connectivity index (χ3n) is 4.12. The predicted molar refractivity (Wildman–Crippen MR) is 83.2 cm³/mol. The number of nitrogens with zero attached hydrogens (tertiary/aromatic N) is 2. The van der Waals surface area contributed by atoms with Crippen molar-refractivity contribution in [2.75, 3.05) is 11.9 Å². The van der Waals surface area contributed by atoms with E-state index in [9.17, 15) is 4.79 Å². The van der Waals surface area contributed by atoms with E-state index in [1.807, 2.05) is 20.8 Å². The zero-order valence-electron chi connectivity index (χ0n) is 13.0. The fourth-order valence-corrected chi connectivity index (χ4v) is 2.96. The van der Waals surface area contributed by atoms with Crippen LogP contribution in [0.1, 0.15) is 59.3 Å². The highest BCUT2D eigenvalue weighted by atomic mass is 16.1. The Bertz CT molecular complexity index is 481. The summed E-state index contributed by atoms with van der Waals surface area (Å²) in [5, 5.41) is 3.20. The molecule has 0 amide bonds. The van der Waals surface area contributed by atoms with Crippen LogP contribution in [0.25, 0.3) is 0 Å². The van der Waals surface area contributed by atoms with Gasteiger partial charge < -0.3 is 9.88 Å². The number of aromatic nitrogens is 2. The third-order valence-corrected chi connectivity index (χ3v) is 4.12. The lowest BCUT2D eigenvalue weighted by atomic mass is 10.0. The molecule has 1 heterocycles. The highest BCUT2D eigenvalue weighted by Gasteiger charge is 2.17. The Kier molecular flexibility index (Phi) is 4.84. The summed E-state index contributed by atoms with van der Waals surface area (Å²) in [5.74, 6) is 1.39. The van der Waals surface area contributed by atoms with Crippen LogP contribution in [0.2, 0.25) is 0 Å². The molecular weight excluding hydrogens is 250 g/mol. The van der Waals surface area contributed by atoms with Gasteiger partial charge in [-0.05, 0) is 39.5 Å². The molecule has 1 aromatic heterocycles. The molecule has 4 nitrogen and oxygen atoms in total. The molecule has 1 saturated carbocycles. The van der Waals surface area contributed by atoms with E-state index in [0.29, 0.717) is 5.82 Å². The summed E-state index contributed by atoms with van der Waals surface area (Å²) in [7, 11) is 0. The summed E-state index contributed by atoms with van der Waals surface area (Å²) >= 11 is 0. The maximum Gasteiger partial charge on any atom is 0.293 e. The van der Waals surface area contributed by atoms with Crippen LogP contribution in [0.3, 0.4) is 0 Å². The first-order valence-corrected chi connectivity index (χ1v) is 7.80. The monoisotopic (exact) mass is 277 g/mol. The minimum absolute atomic E-state index is 0.0270. The largest absolute Gasteiger partial charge is 0.365 e. The van der Waals surface area contributed by atoms with Crippen molar-refractivity contribution >= 4 is 5.82 Å². The lowest BCUT2D eigenvalue weighted by Crippen LogP contribution is -2.35. The third kappa shape index (κ3) is 3.84. The van der Waals surface area contributed by atoms with E-state index in [-0.39, 0.29) is 11.1 Å². The Morgan fingerprint density at radius 1 is 1.35 bits per heavy atom. The van der Waals surface area contributed by atoms with Gasteiger partial charge in [-0.1, -0.05) is 25.7 Å². The lowest BCUT2D eigenvalue weighted by molar-refractivity contribution is 0.383. The summed E-state index contributed by atoms with van der Waals surface area (Å²) in [6, 6.07) is 0. The van der Waals surface area contributed by atoms with Crippen LogP contribution in [-0.4, -0.2) is 16.1 Å². The summed E-state index contributed by atoms with van der Waals surface area (Å²) in [6.45, 7) is 6.92. The first-order valence-electron chi connectivity index (χ1n) is 7.80. The van der Waals surface area contributed by atoms with Gasteiger partial charge in [-0.2, -0.15) is 0 Å². The standard InChI is InChI=1S/C16H27N3O/c1-16(2,3)19-12-11-18-14(15(19)20)17-10-6-9-13-7-4-5-8-13/h11-13H,4-10H2,1-3H3,(H,17,18). The van der Waals surface area contributed by atoms with Crippen molar-refractivity contribution in [3.05, 3.63) is 22.7 Å². The number of anilines is 1. The predicted octanol–water partition coefficient (Wildman–Crippen LogP) is 3.38. The van der Waals surface area contributed by atoms with Gasteiger partial charge in [0.05, 0.1) is 0 Å². The number of hydrogen-bond donors (Lipinski definition) is 1. The van der Waals surface area contributed by atoms with Crippen molar-refractivity contribution < 1.29 is 0 Å². The molecular formula is C16H27N3O. The topological polar surface area (TPSA) is 46.9 Å². The Morgan fingerprint density at radius 2 is 2.05 bits per heavy atom. The second-order valence-electron chi connectivity index (χ2n) is 6.84. The number of rotatable bonds is 5. The molecule has 0 atom stereocenters. The second kappa shape index (κ2) is 6.42. The molecule has 112 valence electrons. The smallest absolute Gasteiger partial charge is 0.293 e. The van der Waals surface area contributed by atoms with Gasteiger partial charge >= 0.3 is 0 Å². The zero-order valence-corrected chi connectivity index (χ0v) is 13.0.